The molecule has 21 heavy (non-hydrogen) atoms. The van der Waals surface area contributed by atoms with Gasteiger partial charge in [-0.05, 0) is 18.8 Å². The van der Waals surface area contributed by atoms with Gasteiger partial charge in [-0.3, -0.25) is 14.6 Å². The Labute approximate surface area is 143 Å². The van der Waals surface area contributed by atoms with Crippen molar-refractivity contribution in [3.63, 3.8) is 0 Å². The van der Waals surface area contributed by atoms with E-state index in [4.69, 9.17) is 5.73 Å². The number of likely N-dealkylation sites (N-methyl/N-ethyl adjacent to an activating group) is 1. The van der Waals surface area contributed by atoms with E-state index in [1.54, 1.807) is 21.1 Å². The fourth-order valence-corrected chi connectivity index (χ4v) is 2.35. The van der Waals surface area contributed by atoms with Gasteiger partial charge in [0.1, 0.15) is 0 Å². The molecule has 0 aromatic carbocycles. The zero-order chi connectivity index (χ0) is 15.1. The standard InChI is InChI=1S/C13H25N5O2.HI/c1-15-13(16-8-12(20)17(2)3)18-6-4-5-10(9-18)7-11(14)19;/h10H,4-9H2,1-3H3,(H2,14,19)(H,15,16);1H. The van der Waals surface area contributed by atoms with Crippen molar-refractivity contribution < 1.29 is 9.59 Å². The Morgan fingerprint density at radius 2 is 2.10 bits per heavy atom. The molecule has 1 atom stereocenters. The van der Waals surface area contributed by atoms with E-state index in [0.717, 1.165) is 25.9 Å². The second kappa shape index (κ2) is 9.80. The van der Waals surface area contributed by atoms with Crippen molar-refractivity contribution in [1.29, 1.82) is 0 Å². The highest BCUT2D eigenvalue weighted by Gasteiger charge is 2.23. The predicted molar refractivity (Wildman–Crippen MR) is 93.6 cm³/mol. The molecular formula is C13H26IN5O2. The largest absolute Gasteiger partial charge is 0.370 e. The molecule has 0 aliphatic carbocycles. The Kier molecular flexibility index (Phi) is 9.31. The molecule has 8 heteroatoms. The number of carbonyl (C=O) groups is 2. The Hall–Kier alpha value is -1.06. The molecule has 1 aliphatic rings. The van der Waals surface area contributed by atoms with E-state index in [9.17, 15) is 9.59 Å². The highest BCUT2D eigenvalue weighted by atomic mass is 127. The molecule has 1 fully saturated rings. The quantitative estimate of drug-likeness (QED) is 0.383. The Morgan fingerprint density at radius 1 is 1.43 bits per heavy atom. The highest BCUT2D eigenvalue weighted by molar-refractivity contribution is 14.0. The lowest BCUT2D eigenvalue weighted by Crippen LogP contribution is -2.49. The number of piperidine rings is 1. The number of primary amides is 1. The minimum atomic E-state index is -0.261. The third-order valence-electron chi connectivity index (χ3n) is 3.42. The Balaban J connectivity index is 0.00000400. The smallest absolute Gasteiger partial charge is 0.241 e. The molecular weight excluding hydrogens is 385 g/mol. The second-order valence-electron chi connectivity index (χ2n) is 5.31. The van der Waals surface area contributed by atoms with Crippen molar-refractivity contribution in [1.82, 2.24) is 15.1 Å². The van der Waals surface area contributed by atoms with Crippen molar-refractivity contribution in [3.8, 4) is 0 Å². The number of amides is 2. The van der Waals surface area contributed by atoms with Gasteiger partial charge < -0.3 is 20.9 Å². The van der Waals surface area contributed by atoms with Crippen molar-refractivity contribution >= 4 is 41.8 Å². The zero-order valence-electron chi connectivity index (χ0n) is 13.0. The Morgan fingerprint density at radius 3 is 2.62 bits per heavy atom. The number of carbonyl (C=O) groups excluding carboxylic acids is 2. The van der Waals surface area contributed by atoms with Gasteiger partial charge in [-0.2, -0.15) is 0 Å². The molecule has 0 aromatic heterocycles. The van der Waals surface area contributed by atoms with Crippen LogP contribution >= 0.6 is 24.0 Å². The van der Waals surface area contributed by atoms with Crippen LogP contribution < -0.4 is 11.1 Å². The summed E-state index contributed by atoms with van der Waals surface area (Å²) in [5.41, 5.74) is 5.26. The zero-order valence-corrected chi connectivity index (χ0v) is 15.3. The molecule has 2 amide bonds. The number of nitrogens with two attached hydrogens (primary N) is 1. The lowest BCUT2D eigenvalue weighted by Gasteiger charge is -2.34. The molecule has 1 heterocycles. The first-order chi connectivity index (χ1) is 9.43. The maximum Gasteiger partial charge on any atom is 0.241 e. The van der Waals surface area contributed by atoms with Crippen LogP contribution in [0.15, 0.2) is 4.99 Å². The molecule has 1 aliphatic heterocycles. The number of halogens is 1. The van der Waals surface area contributed by atoms with Crippen molar-refractivity contribution in [3.05, 3.63) is 0 Å². The van der Waals surface area contributed by atoms with Crippen LogP contribution in [-0.4, -0.2) is 68.4 Å². The topological polar surface area (TPSA) is 91.0 Å². The van der Waals surface area contributed by atoms with E-state index in [2.05, 4.69) is 15.2 Å². The summed E-state index contributed by atoms with van der Waals surface area (Å²) in [4.78, 5) is 30.4. The summed E-state index contributed by atoms with van der Waals surface area (Å²) in [6.07, 6.45) is 2.41. The number of aliphatic imine (C=N–C) groups is 1. The molecule has 0 radical (unpaired) electrons. The minimum absolute atomic E-state index is 0. The molecule has 1 saturated heterocycles. The monoisotopic (exact) mass is 411 g/mol. The van der Waals surface area contributed by atoms with Crippen LogP contribution in [0.5, 0.6) is 0 Å². The summed E-state index contributed by atoms with van der Waals surface area (Å²) in [7, 11) is 5.13. The van der Waals surface area contributed by atoms with Gasteiger partial charge >= 0.3 is 0 Å². The number of guanidine groups is 1. The van der Waals surface area contributed by atoms with Gasteiger partial charge in [0.25, 0.3) is 0 Å². The summed E-state index contributed by atoms with van der Waals surface area (Å²) in [6.45, 7) is 1.85. The fourth-order valence-electron chi connectivity index (χ4n) is 2.35. The fraction of sp³-hybridized carbons (Fsp3) is 0.769. The van der Waals surface area contributed by atoms with Gasteiger partial charge in [0.15, 0.2) is 5.96 Å². The first-order valence-corrected chi connectivity index (χ1v) is 6.88. The third kappa shape index (κ3) is 6.96. The van der Waals surface area contributed by atoms with Crippen molar-refractivity contribution in [2.45, 2.75) is 19.3 Å². The highest BCUT2D eigenvalue weighted by Crippen LogP contribution is 2.19. The lowest BCUT2D eigenvalue weighted by molar-refractivity contribution is -0.127. The number of hydrogen-bond donors (Lipinski definition) is 2. The normalized spacial score (nSPS) is 18.7. The van der Waals surface area contributed by atoms with Gasteiger partial charge in [-0.15, -0.1) is 24.0 Å². The summed E-state index contributed by atoms with van der Waals surface area (Å²) in [6, 6.07) is 0. The average Bonchev–Trinajstić information content (AvgIpc) is 2.38. The summed E-state index contributed by atoms with van der Waals surface area (Å²) in [5, 5.41) is 3.06. The van der Waals surface area contributed by atoms with E-state index in [1.807, 2.05) is 0 Å². The van der Waals surface area contributed by atoms with Gasteiger partial charge in [0.2, 0.25) is 11.8 Å². The van der Waals surface area contributed by atoms with Gasteiger partial charge in [-0.25, -0.2) is 0 Å². The van der Waals surface area contributed by atoms with Gasteiger partial charge in [0.05, 0.1) is 6.54 Å². The van der Waals surface area contributed by atoms with Crippen molar-refractivity contribution in [2.75, 3.05) is 40.8 Å². The second-order valence-corrected chi connectivity index (χ2v) is 5.31. The molecule has 1 unspecified atom stereocenters. The molecule has 3 N–H and O–H groups in total. The summed E-state index contributed by atoms with van der Waals surface area (Å²) in [5.74, 6) is 0.707. The molecule has 122 valence electrons. The maximum atomic E-state index is 11.6. The average molecular weight is 411 g/mol. The van der Waals surface area contributed by atoms with Gasteiger partial charge in [-0.1, -0.05) is 0 Å². The minimum Gasteiger partial charge on any atom is -0.370 e. The van der Waals surface area contributed by atoms with Crippen LogP contribution in [0.1, 0.15) is 19.3 Å². The van der Waals surface area contributed by atoms with Crippen LogP contribution in [0.2, 0.25) is 0 Å². The molecule has 0 saturated carbocycles. The third-order valence-corrected chi connectivity index (χ3v) is 3.42. The maximum absolute atomic E-state index is 11.6. The molecule has 1 rings (SSSR count). The number of rotatable bonds is 4. The first-order valence-electron chi connectivity index (χ1n) is 6.88. The van der Waals surface area contributed by atoms with Crippen LogP contribution in [0, 0.1) is 5.92 Å². The number of nitrogens with zero attached hydrogens (tertiary/aromatic N) is 3. The molecule has 0 spiro atoms. The van der Waals surface area contributed by atoms with E-state index >= 15 is 0 Å². The molecule has 0 bridgehead atoms. The first kappa shape index (κ1) is 19.9. The SMILES string of the molecule is CN=C(NCC(=O)N(C)C)N1CCCC(CC(N)=O)C1.I. The van der Waals surface area contributed by atoms with Crippen LogP contribution in [0.25, 0.3) is 0 Å². The van der Waals surface area contributed by atoms with E-state index in [-0.39, 0.29) is 48.3 Å². The lowest BCUT2D eigenvalue weighted by atomic mass is 9.95. The number of hydrogen-bond acceptors (Lipinski definition) is 3. The van der Waals surface area contributed by atoms with E-state index in [1.165, 1.54) is 4.90 Å². The van der Waals surface area contributed by atoms with E-state index in [0.29, 0.717) is 12.4 Å². The summed E-state index contributed by atoms with van der Waals surface area (Å²) >= 11 is 0. The van der Waals surface area contributed by atoms with Crippen LogP contribution in [0.4, 0.5) is 0 Å². The van der Waals surface area contributed by atoms with Crippen molar-refractivity contribution in [2.24, 2.45) is 16.6 Å². The number of likely N-dealkylation sites (tertiary alicyclic amines) is 1. The van der Waals surface area contributed by atoms with Gasteiger partial charge in [0, 0.05) is 40.7 Å². The Bertz CT molecular complexity index is 387. The molecule has 7 nitrogen and oxygen atoms in total. The summed E-state index contributed by atoms with van der Waals surface area (Å²) < 4.78 is 0. The van der Waals surface area contributed by atoms with Crippen LogP contribution in [-0.2, 0) is 9.59 Å². The predicted octanol–water partition coefficient (Wildman–Crippen LogP) is -0.145. The van der Waals surface area contributed by atoms with E-state index < -0.39 is 0 Å². The molecule has 0 aromatic rings. The van der Waals surface area contributed by atoms with Crippen LogP contribution in [0.3, 0.4) is 0 Å². The number of nitrogens with one attached hydrogen (secondary N) is 1.